The first-order valence-electron chi connectivity index (χ1n) is 8.08. The number of guanidine groups is 1. The molecule has 0 radical (unpaired) electrons. The molecular weight excluding hydrogens is 312 g/mol. The van der Waals surface area contributed by atoms with Gasteiger partial charge in [0.1, 0.15) is 0 Å². The summed E-state index contributed by atoms with van der Waals surface area (Å²) in [5, 5.41) is 7.60. The van der Waals surface area contributed by atoms with Gasteiger partial charge in [-0.25, -0.2) is 4.98 Å². The average Bonchev–Trinajstić information content (AvgIpc) is 2.93. The standard InChI is InChI=1S/C16H28N4S2/c1-12(2)14-10-20(8-9-21-14)16(17-4)18-7-5-6-15-19-13(3)11-22-15/h11-12,14H,5-10H2,1-4H3,(H,17,18). The molecule has 2 heterocycles. The predicted octanol–water partition coefficient (Wildman–Crippen LogP) is 3.03. The van der Waals surface area contributed by atoms with E-state index in [9.17, 15) is 0 Å². The number of thioether (sulfide) groups is 1. The van der Waals surface area contributed by atoms with E-state index in [1.54, 1.807) is 11.3 Å². The monoisotopic (exact) mass is 340 g/mol. The Bertz CT molecular complexity index is 484. The Morgan fingerprint density at radius 3 is 3.00 bits per heavy atom. The molecule has 0 saturated carbocycles. The van der Waals surface area contributed by atoms with E-state index >= 15 is 0 Å². The lowest BCUT2D eigenvalue weighted by atomic mass is 10.1. The predicted molar refractivity (Wildman–Crippen MR) is 99.2 cm³/mol. The number of thiazole rings is 1. The van der Waals surface area contributed by atoms with Crippen molar-refractivity contribution in [3.8, 4) is 0 Å². The zero-order valence-electron chi connectivity index (χ0n) is 14.1. The summed E-state index contributed by atoms with van der Waals surface area (Å²) in [6.07, 6.45) is 2.15. The minimum atomic E-state index is 0.714. The Labute approximate surface area is 142 Å². The van der Waals surface area contributed by atoms with E-state index in [0.29, 0.717) is 5.25 Å². The van der Waals surface area contributed by atoms with Crippen molar-refractivity contribution in [2.75, 3.05) is 32.4 Å². The minimum Gasteiger partial charge on any atom is -0.356 e. The van der Waals surface area contributed by atoms with Crippen LogP contribution in [0, 0.1) is 12.8 Å². The average molecular weight is 341 g/mol. The molecule has 1 aromatic rings. The summed E-state index contributed by atoms with van der Waals surface area (Å²) in [5.74, 6) is 2.97. The molecule has 1 aliphatic rings. The Balaban J connectivity index is 1.75. The van der Waals surface area contributed by atoms with Crippen molar-refractivity contribution >= 4 is 29.1 Å². The SMILES string of the molecule is CN=C(NCCCc1nc(C)cs1)N1CCSC(C(C)C)C1. The van der Waals surface area contributed by atoms with Gasteiger partial charge < -0.3 is 10.2 Å². The molecule has 6 heteroatoms. The maximum atomic E-state index is 4.51. The molecule has 0 spiro atoms. The minimum absolute atomic E-state index is 0.714. The highest BCUT2D eigenvalue weighted by Crippen LogP contribution is 2.24. The van der Waals surface area contributed by atoms with Crippen molar-refractivity contribution in [3.05, 3.63) is 16.1 Å². The van der Waals surface area contributed by atoms with E-state index in [2.05, 4.69) is 58.1 Å². The molecule has 1 aliphatic heterocycles. The molecule has 0 aromatic carbocycles. The third kappa shape index (κ3) is 5.16. The van der Waals surface area contributed by atoms with Crippen molar-refractivity contribution in [3.63, 3.8) is 0 Å². The van der Waals surface area contributed by atoms with Gasteiger partial charge in [-0.15, -0.1) is 11.3 Å². The molecule has 0 aliphatic carbocycles. The van der Waals surface area contributed by atoms with Crippen molar-refractivity contribution in [2.45, 2.75) is 38.9 Å². The number of hydrogen-bond donors (Lipinski definition) is 1. The van der Waals surface area contributed by atoms with Gasteiger partial charge in [0.05, 0.1) is 5.01 Å². The molecule has 1 fully saturated rings. The van der Waals surface area contributed by atoms with E-state index in [-0.39, 0.29) is 0 Å². The highest BCUT2D eigenvalue weighted by molar-refractivity contribution is 8.00. The second-order valence-electron chi connectivity index (χ2n) is 6.06. The summed E-state index contributed by atoms with van der Waals surface area (Å²) in [5.41, 5.74) is 1.13. The summed E-state index contributed by atoms with van der Waals surface area (Å²) < 4.78 is 0. The molecule has 1 atom stereocenters. The fourth-order valence-electron chi connectivity index (χ4n) is 2.56. The Hall–Kier alpha value is -0.750. The fourth-order valence-corrected chi connectivity index (χ4v) is 4.68. The summed E-state index contributed by atoms with van der Waals surface area (Å²) in [6.45, 7) is 9.84. The molecule has 2 rings (SSSR count). The summed E-state index contributed by atoms with van der Waals surface area (Å²) >= 11 is 3.86. The second-order valence-corrected chi connectivity index (χ2v) is 8.35. The van der Waals surface area contributed by atoms with Crippen LogP contribution in [0.4, 0.5) is 0 Å². The number of rotatable bonds is 5. The lowest BCUT2D eigenvalue weighted by Crippen LogP contribution is -2.49. The smallest absolute Gasteiger partial charge is 0.193 e. The van der Waals surface area contributed by atoms with Gasteiger partial charge >= 0.3 is 0 Å². The number of nitrogens with zero attached hydrogens (tertiary/aromatic N) is 3. The summed E-state index contributed by atoms with van der Waals surface area (Å²) in [7, 11) is 1.89. The molecule has 0 amide bonds. The van der Waals surface area contributed by atoms with Gasteiger partial charge in [0.2, 0.25) is 0 Å². The van der Waals surface area contributed by atoms with Gasteiger partial charge in [-0.05, 0) is 19.3 Å². The van der Waals surface area contributed by atoms with Gasteiger partial charge in [-0.3, -0.25) is 4.99 Å². The van der Waals surface area contributed by atoms with Crippen LogP contribution in [0.25, 0.3) is 0 Å². The summed E-state index contributed by atoms with van der Waals surface area (Å²) in [4.78, 5) is 11.4. The van der Waals surface area contributed by atoms with Crippen LogP contribution in [0.2, 0.25) is 0 Å². The molecule has 1 saturated heterocycles. The number of aliphatic imine (C=N–C) groups is 1. The topological polar surface area (TPSA) is 40.5 Å². The van der Waals surface area contributed by atoms with Crippen LogP contribution in [0.1, 0.15) is 31.0 Å². The van der Waals surface area contributed by atoms with Crippen molar-refractivity contribution in [1.82, 2.24) is 15.2 Å². The molecule has 22 heavy (non-hydrogen) atoms. The van der Waals surface area contributed by atoms with Crippen LogP contribution < -0.4 is 5.32 Å². The molecule has 4 nitrogen and oxygen atoms in total. The highest BCUT2D eigenvalue weighted by Gasteiger charge is 2.24. The van der Waals surface area contributed by atoms with E-state index in [1.165, 1.54) is 10.8 Å². The van der Waals surface area contributed by atoms with Crippen LogP contribution in [-0.2, 0) is 6.42 Å². The van der Waals surface area contributed by atoms with Crippen LogP contribution in [-0.4, -0.2) is 53.5 Å². The Morgan fingerprint density at radius 1 is 1.55 bits per heavy atom. The van der Waals surface area contributed by atoms with Crippen LogP contribution >= 0.6 is 23.1 Å². The fraction of sp³-hybridized carbons (Fsp3) is 0.750. The number of aryl methyl sites for hydroxylation is 2. The highest BCUT2D eigenvalue weighted by atomic mass is 32.2. The van der Waals surface area contributed by atoms with Crippen molar-refractivity contribution in [1.29, 1.82) is 0 Å². The third-order valence-electron chi connectivity index (χ3n) is 3.87. The van der Waals surface area contributed by atoms with E-state index < -0.39 is 0 Å². The molecule has 124 valence electrons. The first-order valence-corrected chi connectivity index (χ1v) is 10.0. The van der Waals surface area contributed by atoms with Crippen molar-refractivity contribution in [2.24, 2.45) is 10.9 Å². The van der Waals surface area contributed by atoms with Gasteiger partial charge in [0.15, 0.2) is 5.96 Å². The Kier molecular flexibility index (Phi) is 7.02. The van der Waals surface area contributed by atoms with Gasteiger partial charge in [0, 0.05) is 55.2 Å². The molecule has 0 bridgehead atoms. The maximum Gasteiger partial charge on any atom is 0.193 e. The largest absolute Gasteiger partial charge is 0.356 e. The summed E-state index contributed by atoms with van der Waals surface area (Å²) in [6, 6.07) is 0. The van der Waals surface area contributed by atoms with E-state index in [1.807, 2.05) is 7.05 Å². The third-order valence-corrected chi connectivity index (χ3v) is 6.43. The van der Waals surface area contributed by atoms with Crippen LogP contribution in [0.3, 0.4) is 0 Å². The first kappa shape index (κ1) is 17.6. The zero-order valence-corrected chi connectivity index (χ0v) is 15.8. The quantitative estimate of drug-likeness (QED) is 0.508. The number of hydrogen-bond acceptors (Lipinski definition) is 4. The zero-order chi connectivity index (χ0) is 15.9. The Morgan fingerprint density at radius 2 is 2.36 bits per heavy atom. The first-order chi connectivity index (χ1) is 10.6. The van der Waals surface area contributed by atoms with E-state index in [4.69, 9.17) is 0 Å². The second kappa shape index (κ2) is 8.77. The normalized spacial score (nSPS) is 19.8. The van der Waals surface area contributed by atoms with Gasteiger partial charge in [-0.2, -0.15) is 11.8 Å². The number of aromatic nitrogens is 1. The molecular formula is C16H28N4S2. The molecule has 1 unspecified atom stereocenters. The van der Waals surface area contributed by atoms with E-state index in [0.717, 1.165) is 50.0 Å². The van der Waals surface area contributed by atoms with Crippen LogP contribution in [0.15, 0.2) is 10.4 Å². The van der Waals surface area contributed by atoms with Gasteiger partial charge in [-0.1, -0.05) is 13.8 Å². The van der Waals surface area contributed by atoms with Crippen molar-refractivity contribution < 1.29 is 0 Å². The lowest BCUT2D eigenvalue weighted by molar-refractivity contribution is 0.380. The van der Waals surface area contributed by atoms with Gasteiger partial charge in [0.25, 0.3) is 0 Å². The molecule has 1 N–H and O–H groups in total. The lowest BCUT2D eigenvalue weighted by Gasteiger charge is -2.36. The van der Waals surface area contributed by atoms with Crippen LogP contribution in [0.5, 0.6) is 0 Å². The maximum absolute atomic E-state index is 4.51. The molecule has 1 aromatic heterocycles. The number of nitrogens with one attached hydrogen (secondary N) is 1.